The number of thiophene rings is 1. The lowest BCUT2D eigenvalue weighted by atomic mass is 10.1. The fraction of sp³-hybridized carbons (Fsp3) is 0.643. The first kappa shape index (κ1) is 13.6. The Kier molecular flexibility index (Phi) is 5.20. The Morgan fingerprint density at radius 2 is 2.44 bits per heavy atom. The van der Waals surface area contributed by atoms with E-state index in [2.05, 4.69) is 11.4 Å². The fourth-order valence-electron chi connectivity index (χ4n) is 2.62. The molecule has 1 amide bonds. The molecule has 3 nitrogen and oxygen atoms in total. The second-order valence-electron chi connectivity index (χ2n) is 4.83. The van der Waals surface area contributed by atoms with Gasteiger partial charge >= 0.3 is 0 Å². The van der Waals surface area contributed by atoms with E-state index in [1.165, 1.54) is 4.88 Å². The van der Waals surface area contributed by atoms with Gasteiger partial charge in [-0.2, -0.15) is 0 Å². The van der Waals surface area contributed by atoms with Crippen LogP contribution in [0, 0.1) is 0 Å². The lowest BCUT2D eigenvalue weighted by molar-refractivity contribution is -0.132. The average molecular weight is 267 g/mol. The molecule has 2 heterocycles. The van der Waals surface area contributed by atoms with Crippen LogP contribution in [0.3, 0.4) is 0 Å². The maximum absolute atomic E-state index is 12.2. The van der Waals surface area contributed by atoms with E-state index < -0.39 is 0 Å². The summed E-state index contributed by atoms with van der Waals surface area (Å²) in [5.41, 5.74) is 0. The Labute approximate surface area is 112 Å². The van der Waals surface area contributed by atoms with E-state index in [9.17, 15) is 4.79 Å². The van der Waals surface area contributed by atoms with E-state index in [0.717, 1.165) is 38.6 Å². The second-order valence-corrected chi connectivity index (χ2v) is 5.86. The summed E-state index contributed by atoms with van der Waals surface area (Å²) in [6.07, 6.45) is 5.45. The van der Waals surface area contributed by atoms with Crippen LogP contribution in [-0.4, -0.2) is 35.1 Å². The topological polar surface area (TPSA) is 40.5 Å². The predicted molar refractivity (Wildman–Crippen MR) is 73.7 cm³/mol. The number of carbonyl (C=O) groups excluding carboxylic acids is 1. The van der Waals surface area contributed by atoms with E-state index in [1.54, 1.807) is 11.3 Å². The van der Waals surface area contributed by atoms with Crippen molar-refractivity contribution in [3.05, 3.63) is 22.4 Å². The minimum Gasteiger partial charge on any atom is -0.396 e. The van der Waals surface area contributed by atoms with Crippen LogP contribution >= 0.6 is 11.3 Å². The number of aryl methyl sites for hydroxylation is 1. The number of carbonyl (C=O) groups is 1. The number of aliphatic hydroxyl groups is 1. The van der Waals surface area contributed by atoms with E-state index in [1.807, 2.05) is 11.0 Å². The van der Waals surface area contributed by atoms with Crippen molar-refractivity contribution >= 4 is 17.2 Å². The molecule has 0 aliphatic carbocycles. The van der Waals surface area contributed by atoms with Gasteiger partial charge in [0.2, 0.25) is 5.91 Å². The molecule has 1 fully saturated rings. The zero-order valence-electron chi connectivity index (χ0n) is 10.7. The highest BCUT2D eigenvalue weighted by Gasteiger charge is 2.27. The van der Waals surface area contributed by atoms with Crippen LogP contribution in [0.4, 0.5) is 0 Å². The maximum Gasteiger partial charge on any atom is 0.223 e. The van der Waals surface area contributed by atoms with Crippen molar-refractivity contribution < 1.29 is 9.90 Å². The third-order valence-corrected chi connectivity index (χ3v) is 4.49. The number of hydrogen-bond acceptors (Lipinski definition) is 3. The van der Waals surface area contributed by atoms with Crippen LogP contribution in [0.2, 0.25) is 0 Å². The summed E-state index contributed by atoms with van der Waals surface area (Å²) in [4.78, 5) is 15.5. The van der Waals surface area contributed by atoms with Crippen LogP contribution in [0.15, 0.2) is 17.5 Å². The maximum atomic E-state index is 12.2. The Hall–Kier alpha value is -0.870. The summed E-state index contributed by atoms with van der Waals surface area (Å²) >= 11 is 1.72. The molecular formula is C14H21NO2S. The van der Waals surface area contributed by atoms with Crippen molar-refractivity contribution in [2.24, 2.45) is 0 Å². The Bertz CT molecular complexity index is 364. The molecule has 1 unspecified atom stereocenters. The molecule has 0 radical (unpaired) electrons. The van der Waals surface area contributed by atoms with Crippen LogP contribution in [0.5, 0.6) is 0 Å². The molecule has 1 aliphatic heterocycles. The van der Waals surface area contributed by atoms with Crippen molar-refractivity contribution in [1.29, 1.82) is 0 Å². The van der Waals surface area contributed by atoms with E-state index in [-0.39, 0.29) is 12.5 Å². The minimum absolute atomic E-state index is 0.230. The molecule has 0 bridgehead atoms. The van der Waals surface area contributed by atoms with Gasteiger partial charge in [-0.15, -0.1) is 11.3 Å². The van der Waals surface area contributed by atoms with Gasteiger partial charge in [-0.3, -0.25) is 4.79 Å². The molecule has 100 valence electrons. The summed E-state index contributed by atoms with van der Waals surface area (Å²) in [7, 11) is 0. The molecule has 1 atom stereocenters. The first-order valence-corrected chi connectivity index (χ1v) is 7.62. The summed E-state index contributed by atoms with van der Waals surface area (Å²) < 4.78 is 0. The molecule has 1 saturated heterocycles. The molecule has 0 spiro atoms. The third kappa shape index (κ3) is 3.56. The molecule has 1 N–H and O–H groups in total. The summed E-state index contributed by atoms with van der Waals surface area (Å²) in [6.45, 7) is 1.13. The van der Waals surface area contributed by atoms with Gasteiger partial charge in [0.1, 0.15) is 0 Å². The predicted octanol–water partition coefficient (Wildman–Crippen LogP) is 2.44. The van der Waals surface area contributed by atoms with Gasteiger partial charge in [-0.05, 0) is 43.6 Å². The Morgan fingerprint density at radius 1 is 1.56 bits per heavy atom. The lowest BCUT2D eigenvalue weighted by Gasteiger charge is -2.24. The number of rotatable bonds is 6. The quantitative estimate of drug-likeness (QED) is 0.860. The van der Waals surface area contributed by atoms with Gasteiger partial charge in [-0.1, -0.05) is 6.07 Å². The highest BCUT2D eigenvalue weighted by Crippen LogP contribution is 2.23. The molecule has 1 aliphatic rings. The van der Waals surface area contributed by atoms with Crippen molar-refractivity contribution in [3.63, 3.8) is 0 Å². The molecule has 1 aromatic heterocycles. The summed E-state index contributed by atoms with van der Waals surface area (Å²) in [5.74, 6) is 0.281. The van der Waals surface area contributed by atoms with Gasteiger partial charge in [0.15, 0.2) is 0 Å². The van der Waals surface area contributed by atoms with Gasteiger partial charge in [0.05, 0.1) is 0 Å². The van der Waals surface area contributed by atoms with Gasteiger partial charge < -0.3 is 10.0 Å². The molecule has 0 aromatic carbocycles. The molecule has 18 heavy (non-hydrogen) atoms. The number of amides is 1. The van der Waals surface area contributed by atoms with Crippen LogP contribution < -0.4 is 0 Å². The largest absolute Gasteiger partial charge is 0.396 e. The normalized spacial score (nSPS) is 19.4. The molecule has 1 aromatic rings. The highest BCUT2D eigenvalue weighted by atomic mass is 32.1. The first-order chi connectivity index (χ1) is 8.81. The Morgan fingerprint density at radius 3 is 3.17 bits per heavy atom. The van der Waals surface area contributed by atoms with Crippen LogP contribution in [0.1, 0.15) is 37.0 Å². The number of likely N-dealkylation sites (tertiary alicyclic amines) is 1. The highest BCUT2D eigenvalue weighted by molar-refractivity contribution is 7.09. The van der Waals surface area contributed by atoms with Crippen molar-refractivity contribution in [2.45, 2.75) is 44.6 Å². The van der Waals surface area contributed by atoms with Crippen LogP contribution in [0.25, 0.3) is 0 Å². The van der Waals surface area contributed by atoms with Crippen molar-refractivity contribution in [1.82, 2.24) is 4.90 Å². The number of hydrogen-bond donors (Lipinski definition) is 1. The smallest absolute Gasteiger partial charge is 0.223 e. The average Bonchev–Trinajstić information content (AvgIpc) is 3.04. The molecule has 0 saturated carbocycles. The third-order valence-electron chi connectivity index (χ3n) is 3.56. The second kappa shape index (κ2) is 6.90. The van der Waals surface area contributed by atoms with E-state index in [0.29, 0.717) is 12.5 Å². The first-order valence-electron chi connectivity index (χ1n) is 6.74. The van der Waals surface area contributed by atoms with E-state index in [4.69, 9.17) is 5.11 Å². The number of nitrogens with zero attached hydrogens (tertiary/aromatic N) is 1. The summed E-state index contributed by atoms with van der Waals surface area (Å²) in [6, 6.07) is 4.49. The fourth-order valence-corrected chi connectivity index (χ4v) is 3.33. The zero-order chi connectivity index (χ0) is 12.8. The lowest BCUT2D eigenvalue weighted by Crippen LogP contribution is -2.35. The van der Waals surface area contributed by atoms with E-state index >= 15 is 0 Å². The van der Waals surface area contributed by atoms with Crippen molar-refractivity contribution in [3.8, 4) is 0 Å². The van der Waals surface area contributed by atoms with Gasteiger partial charge in [-0.25, -0.2) is 0 Å². The van der Waals surface area contributed by atoms with Gasteiger partial charge in [0, 0.05) is 30.5 Å². The standard InChI is InChI=1S/C14H21NO2S/c16-10-2-5-12-4-1-9-15(12)14(17)8-7-13-6-3-11-18-13/h3,6,11-12,16H,1-2,4-5,7-10H2. The molecule has 2 rings (SSSR count). The summed E-state index contributed by atoms with van der Waals surface area (Å²) in [5, 5.41) is 10.9. The SMILES string of the molecule is O=C(CCc1cccs1)N1CCCC1CCCO. The Balaban J connectivity index is 1.80. The number of aliphatic hydroxyl groups excluding tert-OH is 1. The minimum atomic E-state index is 0.230. The van der Waals surface area contributed by atoms with Crippen LogP contribution in [-0.2, 0) is 11.2 Å². The molecular weight excluding hydrogens is 246 g/mol. The zero-order valence-corrected chi connectivity index (χ0v) is 11.5. The monoisotopic (exact) mass is 267 g/mol. The van der Waals surface area contributed by atoms with Gasteiger partial charge in [0.25, 0.3) is 0 Å². The molecule has 4 heteroatoms. The van der Waals surface area contributed by atoms with Crippen molar-refractivity contribution in [2.75, 3.05) is 13.2 Å².